The van der Waals surface area contributed by atoms with Crippen LogP contribution in [0.15, 0.2) is 36.7 Å². The lowest BCUT2D eigenvalue weighted by molar-refractivity contribution is 0.847. The Morgan fingerprint density at radius 3 is 1.89 bits per heavy atom. The fourth-order valence-electron chi connectivity index (χ4n) is 1.38. The minimum Gasteiger partial charge on any atom is -0.236 e. The average molecular weight is 263 g/mol. The zero-order valence-electron chi connectivity index (χ0n) is 11.3. The molecular formula is C15H19ClN2. The molecule has 0 saturated carbocycles. The molecule has 18 heavy (non-hydrogen) atoms. The molecule has 0 unspecified atom stereocenters. The van der Waals surface area contributed by atoms with E-state index in [1.807, 2.05) is 50.5 Å². The van der Waals surface area contributed by atoms with Crippen LogP contribution in [-0.2, 0) is 0 Å². The summed E-state index contributed by atoms with van der Waals surface area (Å²) in [5, 5.41) is 0.725. The number of benzene rings is 1. The molecule has 1 aromatic heterocycles. The first kappa shape index (κ1) is 14.7. The lowest BCUT2D eigenvalue weighted by Crippen LogP contribution is -1.93. The normalized spacial score (nSPS) is 9.89. The fraction of sp³-hybridized carbons (Fsp3) is 0.333. The molecule has 1 heterocycles. The van der Waals surface area contributed by atoms with E-state index in [0.29, 0.717) is 5.92 Å². The van der Waals surface area contributed by atoms with Gasteiger partial charge in [-0.2, -0.15) is 0 Å². The molecule has 96 valence electrons. The second kappa shape index (κ2) is 7.12. The van der Waals surface area contributed by atoms with Crippen molar-refractivity contribution in [3.8, 4) is 11.4 Å². The standard InChI is InChI=1S/C13H13ClN2.C2H6/c1-9(2)11-7-15-13(16-8-11)10-3-5-12(14)6-4-10;1-2/h3-9H,1-2H3;1-2H3. The van der Waals surface area contributed by atoms with Crippen molar-refractivity contribution in [1.29, 1.82) is 0 Å². The molecule has 0 fully saturated rings. The van der Waals surface area contributed by atoms with Gasteiger partial charge in [0.15, 0.2) is 5.82 Å². The Morgan fingerprint density at radius 2 is 1.44 bits per heavy atom. The monoisotopic (exact) mass is 262 g/mol. The quantitative estimate of drug-likeness (QED) is 0.766. The number of rotatable bonds is 2. The van der Waals surface area contributed by atoms with Gasteiger partial charge in [-0.15, -0.1) is 0 Å². The molecule has 2 nitrogen and oxygen atoms in total. The molecule has 0 aliphatic heterocycles. The van der Waals surface area contributed by atoms with Crippen LogP contribution in [0.2, 0.25) is 5.02 Å². The van der Waals surface area contributed by atoms with Crippen LogP contribution in [0.3, 0.4) is 0 Å². The zero-order valence-corrected chi connectivity index (χ0v) is 12.1. The average Bonchev–Trinajstić information content (AvgIpc) is 2.42. The van der Waals surface area contributed by atoms with Crippen LogP contribution in [0, 0.1) is 0 Å². The Morgan fingerprint density at radius 1 is 0.944 bits per heavy atom. The van der Waals surface area contributed by atoms with E-state index in [4.69, 9.17) is 11.6 Å². The van der Waals surface area contributed by atoms with Gasteiger partial charge >= 0.3 is 0 Å². The van der Waals surface area contributed by atoms with Crippen molar-refractivity contribution in [3.63, 3.8) is 0 Å². The molecule has 0 radical (unpaired) electrons. The molecule has 0 atom stereocenters. The van der Waals surface area contributed by atoms with Crippen LogP contribution in [0.4, 0.5) is 0 Å². The summed E-state index contributed by atoms with van der Waals surface area (Å²) >= 11 is 5.83. The van der Waals surface area contributed by atoms with Gasteiger partial charge < -0.3 is 0 Å². The third-order valence-electron chi connectivity index (χ3n) is 2.44. The number of halogens is 1. The second-order valence-corrected chi connectivity index (χ2v) is 4.44. The van der Waals surface area contributed by atoms with Crippen LogP contribution in [0.1, 0.15) is 39.2 Å². The molecule has 0 aliphatic rings. The zero-order chi connectivity index (χ0) is 13.5. The summed E-state index contributed by atoms with van der Waals surface area (Å²) in [5.74, 6) is 1.19. The SMILES string of the molecule is CC.CC(C)c1cnc(-c2ccc(Cl)cc2)nc1. The summed E-state index contributed by atoms with van der Waals surface area (Å²) in [6.45, 7) is 8.25. The number of hydrogen-bond donors (Lipinski definition) is 0. The predicted octanol–water partition coefficient (Wildman–Crippen LogP) is 4.95. The van der Waals surface area contributed by atoms with Crippen molar-refractivity contribution < 1.29 is 0 Å². The van der Waals surface area contributed by atoms with Gasteiger partial charge in [0.2, 0.25) is 0 Å². The lowest BCUT2D eigenvalue weighted by atomic mass is 10.1. The molecule has 0 spiro atoms. The highest BCUT2D eigenvalue weighted by Gasteiger charge is 2.03. The molecule has 0 amide bonds. The molecule has 1 aromatic carbocycles. The smallest absolute Gasteiger partial charge is 0.159 e. The maximum atomic E-state index is 5.83. The van der Waals surface area contributed by atoms with Gasteiger partial charge in [-0.25, -0.2) is 9.97 Å². The predicted molar refractivity (Wildman–Crippen MR) is 77.9 cm³/mol. The summed E-state index contributed by atoms with van der Waals surface area (Å²) < 4.78 is 0. The van der Waals surface area contributed by atoms with Crippen molar-refractivity contribution in [2.75, 3.05) is 0 Å². The number of nitrogens with zero attached hydrogens (tertiary/aromatic N) is 2. The van der Waals surface area contributed by atoms with Crippen LogP contribution in [0.25, 0.3) is 11.4 Å². The van der Waals surface area contributed by atoms with Crippen molar-refractivity contribution >= 4 is 11.6 Å². The highest BCUT2D eigenvalue weighted by molar-refractivity contribution is 6.30. The largest absolute Gasteiger partial charge is 0.236 e. The Hall–Kier alpha value is -1.41. The van der Waals surface area contributed by atoms with Crippen LogP contribution >= 0.6 is 11.6 Å². The van der Waals surface area contributed by atoms with Gasteiger partial charge in [0.25, 0.3) is 0 Å². The Balaban J connectivity index is 0.000000771. The molecule has 2 aromatic rings. The molecule has 0 saturated heterocycles. The molecular weight excluding hydrogens is 244 g/mol. The first-order valence-electron chi connectivity index (χ1n) is 6.24. The summed E-state index contributed by atoms with van der Waals surface area (Å²) in [4.78, 5) is 8.69. The molecule has 0 bridgehead atoms. The number of aromatic nitrogens is 2. The summed E-state index contributed by atoms with van der Waals surface area (Å²) in [6.07, 6.45) is 3.75. The summed E-state index contributed by atoms with van der Waals surface area (Å²) in [7, 11) is 0. The molecule has 0 aliphatic carbocycles. The van der Waals surface area contributed by atoms with Gasteiger partial charge in [0.05, 0.1) is 0 Å². The Labute approximate surface area is 114 Å². The van der Waals surface area contributed by atoms with E-state index in [2.05, 4.69) is 23.8 Å². The van der Waals surface area contributed by atoms with Crippen LogP contribution in [0.5, 0.6) is 0 Å². The maximum absolute atomic E-state index is 5.83. The van der Waals surface area contributed by atoms with Crippen molar-refractivity contribution in [2.24, 2.45) is 0 Å². The molecule has 3 heteroatoms. The topological polar surface area (TPSA) is 25.8 Å². The first-order chi connectivity index (χ1) is 8.66. The first-order valence-corrected chi connectivity index (χ1v) is 6.62. The van der Waals surface area contributed by atoms with Crippen molar-refractivity contribution in [3.05, 3.63) is 47.2 Å². The summed E-state index contributed by atoms with van der Waals surface area (Å²) in [5.41, 5.74) is 2.14. The number of hydrogen-bond acceptors (Lipinski definition) is 2. The van der Waals surface area contributed by atoms with Gasteiger partial charge in [-0.1, -0.05) is 39.3 Å². The van der Waals surface area contributed by atoms with Crippen LogP contribution in [-0.4, -0.2) is 9.97 Å². The Bertz CT molecular complexity index is 461. The van der Waals surface area contributed by atoms with Gasteiger partial charge in [-0.3, -0.25) is 0 Å². The van der Waals surface area contributed by atoms with Gasteiger partial charge in [-0.05, 0) is 35.7 Å². The van der Waals surface area contributed by atoms with Gasteiger partial charge in [0, 0.05) is 23.0 Å². The minimum atomic E-state index is 0.458. The van der Waals surface area contributed by atoms with E-state index in [0.717, 1.165) is 22.0 Å². The Kier molecular flexibility index (Phi) is 5.79. The fourth-order valence-corrected chi connectivity index (χ4v) is 1.51. The maximum Gasteiger partial charge on any atom is 0.159 e. The van der Waals surface area contributed by atoms with Crippen molar-refractivity contribution in [2.45, 2.75) is 33.6 Å². The lowest BCUT2D eigenvalue weighted by Gasteiger charge is -2.05. The van der Waals surface area contributed by atoms with E-state index in [9.17, 15) is 0 Å². The third kappa shape index (κ3) is 3.81. The van der Waals surface area contributed by atoms with E-state index in [-0.39, 0.29) is 0 Å². The third-order valence-corrected chi connectivity index (χ3v) is 2.69. The van der Waals surface area contributed by atoms with Crippen molar-refractivity contribution in [1.82, 2.24) is 9.97 Å². The van der Waals surface area contributed by atoms with E-state index < -0.39 is 0 Å². The summed E-state index contributed by atoms with van der Waals surface area (Å²) in [6, 6.07) is 7.53. The second-order valence-electron chi connectivity index (χ2n) is 4.00. The highest BCUT2D eigenvalue weighted by Crippen LogP contribution is 2.19. The van der Waals surface area contributed by atoms with Crippen LogP contribution < -0.4 is 0 Å². The molecule has 0 N–H and O–H groups in total. The van der Waals surface area contributed by atoms with Gasteiger partial charge in [0.1, 0.15) is 0 Å². The highest BCUT2D eigenvalue weighted by atomic mass is 35.5. The van der Waals surface area contributed by atoms with E-state index in [1.54, 1.807) is 0 Å². The van der Waals surface area contributed by atoms with E-state index in [1.165, 1.54) is 0 Å². The molecule has 2 rings (SSSR count). The minimum absolute atomic E-state index is 0.458. The van der Waals surface area contributed by atoms with E-state index >= 15 is 0 Å².